The standard InChI is InChI=1S/C17H24FNO2/c1-17(2,3)12-5-7-13(8-6-12)19-15-10-11(16(20)21)4-9-14(15)18/h4,9-10,12-13,19H,5-8H2,1-3H3,(H,20,21). The minimum atomic E-state index is -1.03. The van der Waals surface area contributed by atoms with E-state index in [2.05, 4.69) is 26.1 Å². The average molecular weight is 293 g/mol. The number of carboxylic acids is 1. The Balaban J connectivity index is 2.01. The third-order valence-corrected chi connectivity index (χ3v) is 4.52. The molecule has 0 amide bonds. The number of hydrogen-bond donors (Lipinski definition) is 2. The summed E-state index contributed by atoms with van der Waals surface area (Å²) in [5.74, 6) is -0.724. The molecule has 4 heteroatoms. The number of anilines is 1. The van der Waals surface area contributed by atoms with Gasteiger partial charge in [-0.2, -0.15) is 0 Å². The Morgan fingerprint density at radius 2 is 1.86 bits per heavy atom. The van der Waals surface area contributed by atoms with Crippen LogP contribution in [0.2, 0.25) is 0 Å². The zero-order valence-electron chi connectivity index (χ0n) is 12.9. The van der Waals surface area contributed by atoms with Crippen LogP contribution in [0.25, 0.3) is 0 Å². The summed E-state index contributed by atoms with van der Waals surface area (Å²) in [6.45, 7) is 6.80. The minimum Gasteiger partial charge on any atom is -0.478 e. The summed E-state index contributed by atoms with van der Waals surface area (Å²) >= 11 is 0. The Morgan fingerprint density at radius 3 is 2.38 bits per heavy atom. The third kappa shape index (κ3) is 3.96. The third-order valence-electron chi connectivity index (χ3n) is 4.52. The Morgan fingerprint density at radius 1 is 1.24 bits per heavy atom. The van der Waals surface area contributed by atoms with Crippen LogP contribution in [0.1, 0.15) is 56.8 Å². The molecular weight excluding hydrogens is 269 g/mol. The average Bonchev–Trinajstić information content (AvgIpc) is 2.40. The molecule has 0 atom stereocenters. The number of rotatable bonds is 3. The first kappa shape index (κ1) is 15.8. The molecular formula is C17H24FNO2. The topological polar surface area (TPSA) is 49.3 Å². The molecule has 0 aromatic heterocycles. The van der Waals surface area contributed by atoms with Gasteiger partial charge in [0.1, 0.15) is 5.82 Å². The summed E-state index contributed by atoms with van der Waals surface area (Å²) in [6, 6.07) is 4.11. The summed E-state index contributed by atoms with van der Waals surface area (Å²) in [7, 11) is 0. The first-order valence-electron chi connectivity index (χ1n) is 7.57. The van der Waals surface area contributed by atoms with E-state index in [0.717, 1.165) is 25.7 Å². The van der Waals surface area contributed by atoms with Gasteiger partial charge < -0.3 is 10.4 Å². The van der Waals surface area contributed by atoms with E-state index in [-0.39, 0.29) is 11.6 Å². The first-order valence-corrected chi connectivity index (χ1v) is 7.57. The van der Waals surface area contributed by atoms with E-state index in [1.165, 1.54) is 18.2 Å². The Labute approximate surface area is 125 Å². The molecule has 0 bridgehead atoms. The van der Waals surface area contributed by atoms with Gasteiger partial charge in [-0.1, -0.05) is 20.8 Å². The highest BCUT2D eigenvalue weighted by Crippen LogP contribution is 2.38. The van der Waals surface area contributed by atoms with E-state index in [9.17, 15) is 9.18 Å². The molecule has 0 unspecified atom stereocenters. The fraction of sp³-hybridized carbons (Fsp3) is 0.588. The molecule has 1 aliphatic rings. The summed E-state index contributed by atoms with van der Waals surface area (Å²) in [5.41, 5.74) is 0.732. The highest BCUT2D eigenvalue weighted by Gasteiger charge is 2.29. The number of nitrogens with one attached hydrogen (secondary N) is 1. The van der Waals surface area contributed by atoms with Gasteiger partial charge in [-0.15, -0.1) is 0 Å². The van der Waals surface area contributed by atoms with Gasteiger partial charge in [-0.3, -0.25) is 0 Å². The van der Waals surface area contributed by atoms with Crippen LogP contribution in [0.3, 0.4) is 0 Å². The molecule has 1 aliphatic carbocycles. The maximum atomic E-state index is 13.8. The van der Waals surface area contributed by atoms with E-state index < -0.39 is 11.8 Å². The Bertz CT molecular complexity index is 514. The van der Waals surface area contributed by atoms with Crippen LogP contribution >= 0.6 is 0 Å². The smallest absolute Gasteiger partial charge is 0.335 e. The molecule has 116 valence electrons. The normalized spacial score (nSPS) is 22.9. The van der Waals surface area contributed by atoms with Gasteiger partial charge in [0.2, 0.25) is 0 Å². The van der Waals surface area contributed by atoms with Crippen molar-refractivity contribution in [3.05, 3.63) is 29.6 Å². The molecule has 1 saturated carbocycles. The van der Waals surface area contributed by atoms with Crippen molar-refractivity contribution in [1.82, 2.24) is 0 Å². The predicted molar refractivity (Wildman–Crippen MR) is 82.2 cm³/mol. The van der Waals surface area contributed by atoms with Crippen LogP contribution in [0.5, 0.6) is 0 Å². The van der Waals surface area contributed by atoms with Crippen LogP contribution < -0.4 is 5.32 Å². The number of aromatic carboxylic acids is 1. The zero-order valence-corrected chi connectivity index (χ0v) is 12.9. The highest BCUT2D eigenvalue weighted by atomic mass is 19.1. The second-order valence-electron chi connectivity index (χ2n) is 7.06. The van der Waals surface area contributed by atoms with Crippen molar-refractivity contribution in [2.24, 2.45) is 11.3 Å². The molecule has 0 heterocycles. The molecule has 2 rings (SSSR count). The number of halogens is 1. The lowest BCUT2D eigenvalue weighted by molar-refractivity contribution is 0.0697. The van der Waals surface area contributed by atoms with Crippen molar-refractivity contribution in [2.45, 2.75) is 52.5 Å². The fourth-order valence-electron chi connectivity index (χ4n) is 3.09. The van der Waals surface area contributed by atoms with Gasteiger partial charge in [0.25, 0.3) is 0 Å². The van der Waals surface area contributed by atoms with Crippen molar-refractivity contribution < 1.29 is 14.3 Å². The van der Waals surface area contributed by atoms with Crippen LogP contribution in [0, 0.1) is 17.2 Å². The van der Waals surface area contributed by atoms with Crippen LogP contribution in [-0.4, -0.2) is 17.1 Å². The number of carboxylic acid groups (broad SMARTS) is 1. The molecule has 3 nitrogen and oxygen atoms in total. The quantitative estimate of drug-likeness (QED) is 0.860. The van der Waals surface area contributed by atoms with Crippen LogP contribution in [0.4, 0.5) is 10.1 Å². The molecule has 1 aromatic rings. The van der Waals surface area contributed by atoms with E-state index in [1.807, 2.05) is 0 Å². The van der Waals surface area contributed by atoms with E-state index in [4.69, 9.17) is 5.11 Å². The monoisotopic (exact) mass is 293 g/mol. The van der Waals surface area contributed by atoms with E-state index in [1.54, 1.807) is 0 Å². The zero-order chi connectivity index (χ0) is 15.6. The number of carbonyl (C=O) groups is 1. The van der Waals surface area contributed by atoms with Gasteiger partial charge in [0.05, 0.1) is 11.3 Å². The van der Waals surface area contributed by atoms with E-state index in [0.29, 0.717) is 17.0 Å². The SMILES string of the molecule is CC(C)(C)C1CCC(Nc2cc(C(=O)O)ccc2F)CC1. The van der Waals surface area contributed by atoms with Gasteiger partial charge in [-0.05, 0) is 55.2 Å². The Kier molecular flexibility index (Phi) is 4.55. The molecule has 1 aromatic carbocycles. The largest absolute Gasteiger partial charge is 0.478 e. The second-order valence-corrected chi connectivity index (χ2v) is 7.06. The maximum absolute atomic E-state index is 13.8. The molecule has 1 fully saturated rings. The lowest BCUT2D eigenvalue weighted by Gasteiger charge is -2.37. The molecule has 21 heavy (non-hydrogen) atoms. The van der Waals surface area contributed by atoms with Gasteiger partial charge in [0.15, 0.2) is 0 Å². The van der Waals surface area contributed by atoms with Crippen LogP contribution in [-0.2, 0) is 0 Å². The molecule has 0 radical (unpaired) electrons. The molecule has 0 aliphatic heterocycles. The summed E-state index contributed by atoms with van der Waals surface area (Å²) in [5, 5.41) is 12.2. The van der Waals surface area contributed by atoms with Crippen molar-refractivity contribution in [3.63, 3.8) is 0 Å². The predicted octanol–water partition coefficient (Wildman–Crippen LogP) is 4.54. The fourth-order valence-corrected chi connectivity index (χ4v) is 3.09. The number of hydrogen-bond acceptors (Lipinski definition) is 2. The summed E-state index contributed by atoms with van der Waals surface area (Å²) in [4.78, 5) is 11.0. The molecule has 2 N–H and O–H groups in total. The molecule has 0 spiro atoms. The van der Waals surface area contributed by atoms with E-state index >= 15 is 0 Å². The molecule has 0 saturated heterocycles. The lowest BCUT2D eigenvalue weighted by Crippen LogP contribution is -2.31. The van der Waals surface area contributed by atoms with Crippen LogP contribution in [0.15, 0.2) is 18.2 Å². The second kappa shape index (κ2) is 6.04. The minimum absolute atomic E-state index is 0.113. The highest BCUT2D eigenvalue weighted by molar-refractivity contribution is 5.88. The van der Waals surface area contributed by atoms with Crippen molar-refractivity contribution in [1.29, 1.82) is 0 Å². The van der Waals surface area contributed by atoms with Gasteiger partial charge in [0, 0.05) is 6.04 Å². The lowest BCUT2D eigenvalue weighted by atomic mass is 9.71. The van der Waals surface area contributed by atoms with Crippen molar-refractivity contribution in [2.75, 3.05) is 5.32 Å². The number of benzene rings is 1. The first-order chi connectivity index (χ1) is 9.77. The summed E-state index contributed by atoms with van der Waals surface area (Å²) < 4.78 is 13.8. The van der Waals surface area contributed by atoms with Gasteiger partial charge >= 0.3 is 5.97 Å². The van der Waals surface area contributed by atoms with Gasteiger partial charge in [-0.25, -0.2) is 9.18 Å². The van der Waals surface area contributed by atoms with Crippen molar-refractivity contribution >= 4 is 11.7 Å². The maximum Gasteiger partial charge on any atom is 0.335 e. The summed E-state index contributed by atoms with van der Waals surface area (Å²) in [6.07, 6.45) is 4.25. The Hall–Kier alpha value is -1.58. The van der Waals surface area contributed by atoms with Crippen molar-refractivity contribution in [3.8, 4) is 0 Å².